The predicted octanol–water partition coefficient (Wildman–Crippen LogP) is 1.32. The molecule has 0 spiro atoms. The molecule has 0 fully saturated rings. The molecule has 0 unspecified atom stereocenters. The van der Waals surface area contributed by atoms with Crippen molar-refractivity contribution in [1.82, 2.24) is 5.32 Å². The third kappa shape index (κ3) is 5.91. The summed E-state index contributed by atoms with van der Waals surface area (Å²) in [6, 6.07) is 12.5. The van der Waals surface area contributed by atoms with Gasteiger partial charge in [0.25, 0.3) is 5.91 Å². The van der Waals surface area contributed by atoms with Crippen LogP contribution in [0.5, 0.6) is 0 Å². The number of nitrogen functional groups attached to an aromatic ring is 1. The van der Waals surface area contributed by atoms with E-state index in [0.717, 1.165) is 5.56 Å². The van der Waals surface area contributed by atoms with Gasteiger partial charge in [-0.3, -0.25) is 4.79 Å². The molecule has 0 saturated carbocycles. The van der Waals surface area contributed by atoms with Gasteiger partial charge in [0.2, 0.25) is 0 Å². The lowest BCUT2D eigenvalue weighted by molar-refractivity contribution is -0.145. The minimum Gasteiger partial charge on any atom is -0.467 e. The average Bonchev–Trinajstić information content (AvgIpc) is 2.70. The predicted molar refractivity (Wildman–Crippen MR) is 106 cm³/mol. The lowest BCUT2D eigenvalue weighted by atomic mass is 10.1. The molecule has 2 atom stereocenters. The Morgan fingerprint density at radius 3 is 1.96 bits per heavy atom. The molecule has 0 aliphatic carbocycles. The van der Waals surface area contributed by atoms with Crippen LogP contribution in [0.2, 0.25) is 0 Å². The highest BCUT2D eigenvalue weighted by Crippen LogP contribution is 2.06. The molecular weight excluding hydrogens is 356 g/mol. The number of anilines is 1. The number of benzene rings is 2. The molecule has 28 heavy (non-hydrogen) atoms. The Labute approximate surface area is 163 Å². The summed E-state index contributed by atoms with van der Waals surface area (Å²) < 4.78 is 4.57. The fourth-order valence-electron chi connectivity index (χ4n) is 2.21. The van der Waals surface area contributed by atoms with Crippen molar-refractivity contribution in [2.45, 2.75) is 19.1 Å². The molecule has 1 amide bonds. The van der Waals surface area contributed by atoms with Gasteiger partial charge in [-0.15, -0.1) is 0 Å². The summed E-state index contributed by atoms with van der Waals surface area (Å²) in [5.41, 5.74) is 8.11. The Kier molecular flexibility index (Phi) is 7.21. The van der Waals surface area contributed by atoms with Crippen molar-refractivity contribution in [2.75, 3.05) is 12.8 Å². The van der Waals surface area contributed by atoms with Crippen LogP contribution in [-0.4, -0.2) is 36.2 Å². The number of esters is 1. The number of aliphatic hydroxyl groups excluding tert-OH is 1. The van der Waals surface area contributed by atoms with E-state index in [1.807, 2.05) is 12.1 Å². The second kappa shape index (κ2) is 9.82. The molecular formula is C22H20N2O4. The van der Waals surface area contributed by atoms with Crippen molar-refractivity contribution < 1.29 is 19.4 Å². The van der Waals surface area contributed by atoms with E-state index in [9.17, 15) is 14.7 Å². The molecule has 142 valence electrons. The van der Waals surface area contributed by atoms with E-state index in [1.165, 1.54) is 14.0 Å². The van der Waals surface area contributed by atoms with E-state index in [1.54, 1.807) is 36.4 Å². The van der Waals surface area contributed by atoms with E-state index in [2.05, 4.69) is 33.7 Å². The molecule has 2 aromatic carbocycles. The Balaban J connectivity index is 2.03. The van der Waals surface area contributed by atoms with Crippen LogP contribution < -0.4 is 11.1 Å². The van der Waals surface area contributed by atoms with Gasteiger partial charge in [-0.2, -0.15) is 0 Å². The number of carbonyl (C=O) groups is 2. The molecule has 0 aromatic heterocycles. The second-order valence-corrected chi connectivity index (χ2v) is 5.91. The van der Waals surface area contributed by atoms with E-state index < -0.39 is 24.0 Å². The summed E-state index contributed by atoms with van der Waals surface area (Å²) in [5, 5.41) is 12.1. The first-order valence-electron chi connectivity index (χ1n) is 8.45. The van der Waals surface area contributed by atoms with Gasteiger partial charge in [-0.1, -0.05) is 11.8 Å². The van der Waals surface area contributed by atoms with E-state index in [4.69, 9.17) is 5.73 Å². The average molecular weight is 376 g/mol. The van der Waals surface area contributed by atoms with Gasteiger partial charge in [0.1, 0.15) is 0 Å². The molecule has 6 nitrogen and oxygen atoms in total. The fourth-order valence-corrected chi connectivity index (χ4v) is 2.21. The maximum Gasteiger partial charge on any atom is 0.331 e. The number of rotatable bonds is 4. The van der Waals surface area contributed by atoms with Crippen molar-refractivity contribution in [3.63, 3.8) is 0 Å². The zero-order valence-corrected chi connectivity index (χ0v) is 15.5. The lowest BCUT2D eigenvalue weighted by Crippen LogP contribution is -2.48. The molecule has 2 rings (SSSR count). The molecule has 6 heteroatoms. The normalized spacial score (nSPS) is 11.7. The van der Waals surface area contributed by atoms with Crippen LogP contribution in [-0.2, 0) is 9.53 Å². The SMILES string of the molecule is COC(=O)[C@H](NC(=O)c1ccc(C#CC#Cc2ccc(N)cc2)cc1)[C@@H](C)O. The van der Waals surface area contributed by atoms with Gasteiger partial charge >= 0.3 is 5.97 Å². The largest absolute Gasteiger partial charge is 0.467 e. The molecule has 0 bridgehead atoms. The molecule has 4 N–H and O–H groups in total. The Hall–Kier alpha value is -3.74. The van der Waals surface area contributed by atoms with Crippen LogP contribution in [0.3, 0.4) is 0 Å². The Bertz CT molecular complexity index is 956. The quantitative estimate of drug-likeness (QED) is 0.424. The van der Waals surface area contributed by atoms with Crippen molar-refractivity contribution in [3.8, 4) is 23.7 Å². The van der Waals surface area contributed by atoms with Gasteiger partial charge in [0.05, 0.1) is 13.2 Å². The number of aliphatic hydroxyl groups is 1. The van der Waals surface area contributed by atoms with Crippen LogP contribution in [0.15, 0.2) is 48.5 Å². The minimum atomic E-state index is -1.14. The Morgan fingerprint density at radius 1 is 1.00 bits per heavy atom. The van der Waals surface area contributed by atoms with E-state index in [0.29, 0.717) is 16.8 Å². The Morgan fingerprint density at radius 2 is 1.50 bits per heavy atom. The number of nitrogens with two attached hydrogens (primary N) is 1. The van der Waals surface area contributed by atoms with Gasteiger partial charge in [-0.25, -0.2) is 4.79 Å². The summed E-state index contributed by atoms with van der Waals surface area (Å²) in [7, 11) is 1.19. The van der Waals surface area contributed by atoms with Crippen LogP contribution in [0.25, 0.3) is 0 Å². The highest BCUT2D eigenvalue weighted by Gasteiger charge is 2.26. The smallest absolute Gasteiger partial charge is 0.331 e. The second-order valence-electron chi connectivity index (χ2n) is 5.91. The molecule has 0 aliphatic rings. The first-order valence-corrected chi connectivity index (χ1v) is 8.45. The van der Waals surface area contributed by atoms with Crippen LogP contribution in [0.1, 0.15) is 28.4 Å². The molecule has 0 aliphatic heterocycles. The van der Waals surface area contributed by atoms with Gasteiger partial charge in [0, 0.05) is 22.4 Å². The summed E-state index contributed by atoms with van der Waals surface area (Å²) in [6.07, 6.45) is -1.08. The third-order valence-electron chi connectivity index (χ3n) is 3.76. The van der Waals surface area contributed by atoms with Crippen LogP contribution in [0.4, 0.5) is 5.69 Å². The number of methoxy groups -OCH3 is 1. The van der Waals surface area contributed by atoms with Crippen LogP contribution >= 0.6 is 0 Å². The minimum absolute atomic E-state index is 0.327. The maximum absolute atomic E-state index is 12.2. The fraction of sp³-hybridized carbons (Fsp3) is 0.182. The number of carbonyl (C=O) groups excluding carboxylic acids is 2. The number of amides is 1. The topological polar surface area (TPSA) is 102 Å². The number of hydrogen-bond acceptors (Lipinski definition) is 5. The summed E-state index contributed by atoms with van der Waals surface area (Å²) in [4.78, 5) is 23.8. The number of nitrogens with one attached hydrogen (secondary N) is 1. The highest BCUT2D eigenvalue weighted by atomic mass is 16.5. The zero-order valence-electron chi connectivity index (χ0n) is 15.5. The third-order valence-corrected chi connectivity index (χ3v) is 3.76. The monoisotopic (exact) mass is 376 g/mol. The molecule has 0 heterocycles. The summed E-state index contributed by atoms with van der Waals surface area (Å²) >= 11 is 0. The van der Waals surface area contributed by atoms with Gasteiger partial charge in [-0.05, 0) is 67.3 Å². The van der Waals surface area contributed by atoms with Crippen molar-refractivity contribution >= 4 is 17.6 Å². The maximum atomic E-state index is 12.2. The molecule has 0 saturated heterocycles. The van der Waals surface area contributed by atoms with Crippen molar-refractivity contribution in [3.05, 3.63) is 65.2 Å². The first kappa shape index (κ1) is 20.6. The molecule has 2 aromatic rings. The lowest BCUT2D eigenvalue weighted by Gasteiger charge is -2.18. The zero-order chi connectivity index (χ0) is 20.5. The summed E-state index contributed by atoms with van der Waals surface area (Å²) in [5.74, 6) is 10.1. The van der Waals surface area contributed by atoms with Crippen molar-refractivity contribution in [1.29, 1.82) is 0 Å². The van der Waals surface area contributed by atoms with Crippen molar-refractivity contribution in [2.24, 2.45) is 0 Å². The summed E-state index contributed by atoms with van der Waals surface area (Å²) in [6.45, 7) is 1.39. The van der Waals surface area contributed by atoms with Gasteiger partial charge < -0.3 is 20.9 Å². The number of hydrogen-bond donors (Lipinski definition) is 3. The number of ether oxygens (including phenoxy) is 1. The first-order chi connectivity index (χ1) is 13.4. The van der Waals surface area contributed by atoms with E-state index >= 15 is 0 Å². The standard InChI is InChI=1S/C22H20N2O4/c1-15(25)20(22(27)28-2)24-21(26)18-11-7-16(8-12-18)5-3-4-6-17-9-13-19(23)14-10-17/h7-15,20,25H,23H2,1-2H3,(H,24,26)/t15-,20-/m1/s1. The van der Waals surface area contributed by atoms with Gasteiger partial charge in [0.15, 0.2) is 6.04 Å². The van der Waals surface area contributed by atoms with E-state index in [-0.39, 0.29) is 0 Å². The highest BCUT2D eigenvalue weighted by molar-refractivity contribution is 5.97. The van der Waals surface area contributed by atoms with Crippen LogP contribution in [0, 0.1) is 23.7 Å². The molecule has 0 radical (unpaired) electrons.